The third-order valence-corrected chi connectivity index (χ3v) is 4.92. The highest BCUT2D eigenvalue weighted by Gasteiger charge is 2.29. The first kappa shape index (κ1) is 14.0. The molecule has 2 nitrogen and oxygen atoms in total. The van der Waals surface area contributed by atoms with Gasteiger partial charge >= 0.3 is 0 Å². The molecule has 0 radical (unpaired) electrons. The fraction of sp³-hybridized carbons (Fsp3) is 0.733. The molecule has 0 aromatic carbocycles. The summed E-state index contributed by atoms with van der Waals surface area (Å²) in [4.78, 5) is 0. The van der Waals surface area contributed by atoms with Gasteiger partial charge in [-0.3, -0.25) is 0 Å². The minimum atomic E-state index is 0.357. The molecule has 1 aliphatic carbocycles. The molecule has 0 spiro atoms. The van der Waals surface area contributed by atoms with Crippen LogP contribution in [-0.2, 0) is 11.2 Å². The Morgan fingerprint density at radius 1 is 1.39 bits per heavy atom. The molecule has 2 rings (SSSR count). The fourth-order valence-corrected chi connectivity index (χ4v) is 3.87. The van der Waals surface area contributed by atoms with Crippen LogP contribution in [0, 0.1) is 5.92 Å². The molecule has 1 fully saturated rings. The SMILES string of the molecule is CNC(Cc1ccsc1)C(OC)C1CCCCC1. The van der Waals surface area contributed by atoms with Crippen LogP contribution in [0.3, 0.4) is 0 Å². The van der Waals surface area contributed by atoms with Gasteiger partial charge in [0, 0.05) is 13.2 Å². The van der Waals surface area contributed by atoms with Gasteiger partial charge in [-0.15, -0.1) is 0 Å². The fourth-order valence-electron chi connectivity index (χ4n) is 3.19. The van der Waals surface area contributed by atoms with Gasteiger partial charge in [-0.05, 0) is 54.6 Å². The first-order valence-electron chi connectivity index (χ1n) is 7.06. The maximum Gasteiger partial charge on any atom is 0.0755 e. The second kappa shape index (κ2) is 7.27. The van der Waals surface area contributed by atoms with Crippen molar-refractivity contribution >= 4 is 11.3 Å². The quantitative estimate of drug-likeness (QED) is 0.852. The molecular formula is C15H25NOS. The minimum absolute atomic E-state index is 0.357. The van der Waals surface area contributed by atoms with E-state index >= 15 is 0 Å². The Labute approximate surface area is 115 Å². The van der Waals surface area contributed by atoms with Crippen LogP contribution in [0.25, 0.3) is 0 Å². The van der Waals surface area contributed by atoms with Gasteiger partial charge in [0.2, 0.25) is 0 Å². The molecule has 1 aliphatic rings. The second-order valence-electron chi connectivity index (χ2n) is 5.33. The first-order chi connectivity index (χ1) is 8.85. The molecule has 0 aliphatic heterocycles. The summed E-state index contributed by atoms with van der Waals surface area (Å²) < 4.78 is 5.83. The standard InChI is InChI=1S/C15H25NOS/c1-16-14(10-12-8-9-18-11-12)15(17-2)13-6-4-3-5-7-13/h8-9,11,13-16H,3-7,10H2,1-2H3. The zero-order chi connectivity index (χ0) is 12.8. The van der Waals surface area contributed by atoms with Gasteiger partial charge in [-0.1, -0.05) is 19.3 Å². The molecule has 102 valence electrons. The van der Waals surface area contributed by atoms with Crippen LogP contribution in [-0.4, -0.2) is 26.3 Å². The highest BCUT2D eigenvalue weighted by atomic mass is 32.1. The highest BCUT2D eigenvalue weighted by Crippen LogP contribution is 2.30. The van der Waals surface area contributed by atoms with E-state index in [1.54, 1.807) is 11.3 Å². The van der Waals surface area contributed by atoms with Crippen molar-refractivity contribution in [2.75, 3.05) is 14.2 Å². The number of likely N-dealkylation sites (N-methyl/N-ethyl adjacent to an activating group) is 1. The number of hydrogen-bond acceptors (Lipinski definition) is 3. The van der Waals surface area contributed by atoms with Crippen molar-refractivity contribution in [1.82, 2.24) is 5.32 Å². The van der Waals surface area contributed by atoms with Crippen molar-refractivity contribution in [2.24, 2.45) is 5.92 Å². The van der Waals surface area contributed by atoms with Crippen molar-refractivity contribution in [3.05, 3.63) is 22.4 Å². The number of methoxy groups -OCH3 is 1. The summed E-state index contributed by atoms with van der Waals surface area (Å²) in [6.45, 7) is 0. The third-order valence-electron chi connectivity index (χ3n) is 4.19. The van der Waals surface area contributed by atoms with Crippen molar-refractivity contribution in [3.8, 4) is 0 Å². The molecule has 1 N–H and O–H groups in total. The Morgan fingerprint density at radius 3 is 2.72 bits per heavy atom. The van der Waals surface area contributed by atoms with E-state index < -0.39 is 0 Å². The predicted molar refractivity (Wildman–Crippen MR) is 78.2 cm³/mol. The molecule has 0 bridgehead atoms. The van der Waals surface area contributed by atoms with Crippen molar-refractivity contribution in [3.63, 3.8) is 0 Å². The first-order valence-corrected chi connectivity index (χ1v) is 8.00. The number of ether oxygens (including phenoxy) is 1. The van der Waals surface area contributed by atoms with E-state index in [-0.39, 0.29) is 0 Å². The largest absolute Gasteiger partial charge is 0.380 e. The molecule has 2 unspecified atom stereocenters. The van der Waals surface area contributed by atoms with Crippen molar-refractivity contribution in [1.29, 1.82) is 0 Å². The Morgan fingerprint density at radius 2 is 2.17 bits per heavy atom. The molecule has 1 saturated carbocycles. The summed E-state index contributed by atoms with van der Waals surface area (Å²) in [5, 5.41) is 7.87. The molecule has 0 amide bonds. The normalized spacial score (nSPS) is 20.8. The average molecular weight is 267 g/mol. The van der Waals surface area contributed by atoms with E-state index in [1.165, 1.54) is 37.7 Å². The monoisotopic (exact) mass is 267 g/mol. The zero-order valence-electron chi connectivity index (χ0n) is 11.5. The molecular weight excluding hydrogens is 242 g/mol. The molecule has 1 heterocycles. The summed E-state index contributed by atoms with van der Waals surface area (Å²) in [5.74, 6) is 0.736. The lowest BCUT2D eigenvalue weighted by atomic mass is 9.81. The second-order valence-corrected chi connectivity index (χ2v) is 6.11. The Hall–Kier alpha value is -0.380. The Balaban J connectivity index is 1.98. The maximum atomic E-state index is 5.83. The average Bonchev–Trinajstić information content (AvgIpc) is 2.92. The van der Waals surface area contributed by atoms with Crippen LogP contribution in [0.5, 0.6) is 0 Å². The van der Waals surface area contributed by atoms with Gasteiger partial charge in [0.15, 0.2) is 0 Å². The summed E-state index contributed by atoms with van der Waals surface area (Å²) in [6, 6.07) is 2.66. The van der Waals surface area contributed by atoms with E-state index in [2.05, 4.69) is 29.2 Å². The minimum Gasteiger partial charge on any atom is -0.380 e. The Kier molecular flexibility index (Phi) is 5.67. The summed E-state index contributed by atoms with van der Waals surface area (Å²) in [5.41, 5.74) is 1.43. The number of thiophene rings is 1. The van der Waals surface area contributed by atoms with Crippen LogP contribution in [0.2, 0.25) is 0 Å². The highest BCUT2D eigenvalue weighted by molar-refractivity contribution is 7.07. The van der Waals surface area contributed by atoms with Crippen LogP contribution in [0.1, 0.15) is 37.7 Å². The van der Waals surface area contributed by atoms with Gasteiger partial charge in [0.05, 0.1) is 6.10 Å². The van der Waals surface area contributed by atoms with Crippen LogP contribution in [0.15, 0.2) is 16.8 Å². The van der Waals surface area contributed by atoms with Crippen LogP contribution in [0.4, 0.5) is 0 Å². The van der Waals surface area contributed by atoms with Crippen molar-refractivity contribution in [2.45, 2.75) is 50.7 Å². The van der Waals surface area contributed by atoms with Gasteiger partial charge in [0.1, 0.15) is 0 Å². The smallest absolute Gasteiger partial charge is 0.0755 e. The number of rotatable bonds is 6. The topological polar surface area (TPSA) is 21.3 Å². The summed E-state index contributed by atoms with van der Waals surface area (Å²) in [6.07, 6.45) is 8.26. The van der Waals surface area contributed by atoms with E-state index in [9.17, 15) is 0 Å². The summed E-state index contributed by atoms with van der Waals surface area (Å²) >= 11 is 1.78. The lowest BCUT2D eigenvalue weighted by molar-refractivity contribution is 0.0102. The maximum absolute atomic E-state index is 5.83. The van der Waals surface area contributed by atoms with E-state index in [1.807, 2.05) is 7.11 Å². The van der Waals surface area contributed by atoms with Crippen LogP contribution < -0.4 is 5.32 Å². The van der Waals surface area contributed by atoms with Gasteiger partial charge in [-0.2, -0.15) is 11.3 Å². The lowest BCUT2D eigenvalue weighted by Crippen LogP contribution is -2.45. The van der Waals surface area contributed by atoms with E-state index in [4.69, 9.17) is 4.74 Å². The number of nitrogens with one attached hydrogen (secondary N) is 1. The van der Waals surface area contributed by atoms with E-state index in [0.717, 1.165) is 12.3 Å². The third kappa shape index (κ3) is 3.56. The summed E-state index contributed by atoms with van der Waals surface area (Å²) in [7, 11) is 3.93. The van der Waals surface area contributed by atoms with Crippen molar-refractivity contribution < 1.29 is 4.74 Å². The molecule has 1 aromatic heterocycles. The molecule has 1 aromatic rings. The molecule has 2 atom stereocenters. The van der Waals surface area contributed by atoms with E-state index in [0.29, 0.717) is 12.1 Å². The zero-order valence-corrected chi connectivity index (χ0v) is 12.3. The molecule has 3 heteroatoms. The predicted octanol–water partition coefficient (Wildman–Crippen LogP) is 3.47. The van der Waals surface area contributed by atoms with Gasteiger partial charge < -0.3 is 10.1 Å². The van der Waals surface area contributed by atoms with Gasteiger partial charge in [-0.25, -0.2) is 0 Å². The molecule has 18 heavy (non-hydrogen) atoms. The van der Waals surface area contributed by atoms with Crippen LogP contribution >= 0.6 is 11.3 Å². The Bertz CT molecular complexity index is 319. The molecule has 0 saturated heterocycles. The lowest BCUT2D eigenvalue weighted by Gasteiger charge is -2.34. The number of hydrogen-bond donors (Lipinski definition) is 1. The van der Waals surface area contributed by atoms with Gasteiger partial charge in [0.25, 0.3) is 0 Å².